The molecule has 3 aromatic heterocycles. The lowest BCUT2D eigenvalue weighted by molar-refractivity contribution is 0.669. The minimum Gasteiger partial charge on any atom is -0.456 e. The van der Waals surface area contributed by atoms with Crippen LogP contribution in [0.3, 0.4) is 0 Å². The molecule has 0 N–H and O–H groups in total. The van der Waals surface area contributed by atoms with Crippen LogP contribution in [0.1, 0.15) is 0 Å². The molecule has 0 fully saturated rings. The predicted octanol–water partition coefficient (Wildman–Crippen LogP) is 12.0. The van der Waals surface area contributed by atoms with E-state index in [4.69, 9.17) is 19.4 Å². The number of benzene rings is 7. The molecule has 4 nitrogen and oxygen atoms in total. The Hall–Kier alpha value is -6.17. The first kappa shape index (κ1) is 27.0. The van der Waals surface area contributed by atoms with Crippen molar-refractivity contribution in [2.45, 2.75) is 0 Å². The van der Waals surface area contributed by atoms with Gasteiger partial charge in [0.1, 0.15) is 11.2 Å². The third-order valence-electron chi connectivity index (χ3n) is 9.12. The topological polar surface area (TPSA) is 51.8 Å². The van der Waals surface area contributed by atoms with Gasteiger partial charge < -0.3 is 4.42 Å². The van der Waals surface area contributed by atoms with Gasteiger partial charge in [-0.1, -0.05) is 109 Å². The summed E-state index contributed by atoms with van der Waals surface area (Å²) in [5, 5.41) is 7.11. The third-order valence-corrected chi connectivity index (χ3v) is 10.2. The van der Waals surface area contributed by atoms with Crippen molar-refractivity contribution < 1.29 is 4.42 Å². The van der Waals surface area contributed by atoms with Gasteiger partial charge in [0, 0.05) is 47.6 Å². The van der Waals surface area contributed by atoms with Gasteiger partial charge >= 0.3 is 0 Å². The fourth-order valence-electron chi connectivity index (χ4n) is 6.68. The van der Waals surface area contributed by atoms with Crippen molar-refractivity contribution in [1.82, 2.24) is 15.0 Å². The van der Waals surface area contributed by atoms with Crippen molar-refractivity contribution in [2.24, 2.45) is 0 Å². The molecule has 0 spiro atoms. The van der Waals surface area contributed by atoms with E-state index in [9.17, 15) is 0 Å². The first-order chi connectivity index (χ1) is 23.7. The molecule has 0 radical (unpaired) electrons. The lowest BCUT2D eigenvalue weighted by Gasteiger charge is -2.09. The molecule has 0 aliphatic rings. The van der Waals surface area contributed by atoms with E-state index in [-0.39, 0.29) is 0 Å². The van der Waals surface area contributed by atoms with E-state index in [1.165, 1.54) is 42.1 Å². The molecule has 0 bridgehead atoms. The number of para-hydroxylation sites is 1. The highest BCUT2D eigenvalue weighted by atomic mass is 32.1. The van der Waals surface area contributed by atoms with Crippen molar-refractivity contribution in [3.8, 4) is 45.3 Å². The number of nitrogens with zero attached hydrogens (tertiary/aromatic N) is 3. The normalized spacial score (nSPS) is 11.8. The van der Waals surface area contributed by atoms with Gasteiger partial charge in [0.2, 0.25) is 0 Å². The van der Waals surface area contributed by atoms with Crippen molar-refractivity contribution in [3.05, 3.63) is 152 Å². The highest BCUT2D eigenvalue weighted by molar-refractivity contribution is 7.25. The molecular formula is C43H25N3OS. The van der Waals surface area contributed by atoms with Crippen LogP contribution in [0.5, 0.6) is 0 Å². The zero-order valence-electron chi connectivity index (χ0n) is 25.6. The highest BCUT2D eigenvalue weighted by Crippen LogP contribution is 2.39. The third kappa shape index (κ3) is 4.48. The Labute approximate surface area is 279 Å². The molecule has 5 heteroatoms. The van der Waals surface area contributed by atoms with Gasteiger partial charge in [0.05, 0.1) is 0 Å². The largest absolute Gasteiger partial charge is 0.456 e. The highest BCUT2D eigenvalue weighted by Gasteiger charge is 2.16. The quantitative estimate of drug-likeness (QED) is 0.194. The number of hydrogen-bond acceptors (Lipinski definition) is 5. The zero-order chi connectivity index (χ0) is 31.6. The number of rotatable bonds is 4. The monoisotopic (exact) mass is 631 g/mol. The second kappa shape index (κ2) is 10.7. The Bertz CT molecular complexity index is 2850. The van der Waals surface area contributed by atoms with E-state index in [2.05, 4.69) is 91.0 Å². The van der Waals surface area contributed by atoms with E-state index in [0.717, 1.165) is 38.6 Å². The molecule has 7 aromatic carbocycles. The minimum atomic E-state index is 0.627. The van der Waals surface area contributed by atoms with Crippen LogP contribution >= 0.6 is 11.3 Å². The second-order valence-corrected chi connectivity index (χ2v) is 13.2. The van der Waals surface area contributed by atoms with Gasteiger partial charge in [-0.25, -0.2) is 15.0 Å². The first-order valence-electron chi connectivity index (χ1n) is 15.9. The van der Waals surface area contributed by atoms with Crippen LogP contribution < -0.4 is 0 Å². The molecule has 0 saturated heterocycles. The molecule has 10 aromatic rings. The van der Waals surface area contributed by atoms with Crippen LogP contribution in [0.15, 0.2) is 156 Å². The van der Waals surface area contributed by atoms with Gasteiger partial charge in [0.25, 0.3) is 0 Å². The molecule has 0 atom stereocenters. The van der Waals surface area contributed by atoms with Crippen LogP contribution in [0.4, 0.5) is 0 Å². The van der Waals surface area contributed by atoms with Gasteiger partial charge in [-0.15, -0.1) is 11.3 Å². The smallest absolute Gasteiger partial charge is 0.164 e. The maximum Gasteiger partial charge on any atom is 0.164 e. The number of furan rings is 1. The second-order valence-electron chi connectivity index (χ2n) is 12.1. The molecule has 0 aliphatic carbocycles. The summed E-state index contributed by atoms with van der Waals surface area (Å²) in [6.07, 6.45) is 0. The summed E-state index contributed by atoms with van der Waals surface area (Å²) in [6, 6.07) is 52.9. The van der Waals surface area contributed by atoms with Crippen LogP contribution in [0.2, 0.25) is 0 Å². The van der Waals surface area contributed by atoms with Gasteiger partial charge in [-0.2, -0.15) is 0 Å². The van der Waals surface area contributed by atoms with Crippen molar-refractivity contribution in [2.75, 3.05) is 0 Å². The van der Waals surface area contributed by atoms with E-state index in [0.29, 0.717) is 17.5 Å². The van der Waals surface area contributed by atoms with E-state index < -0.39 is 0 Å². The summed E-state index contributed by atoms with van der Waals surface area (Å²) >= 11 is 1.81. The van der Waals surface area contributed by atoms with E-state index >= 15 is 0 Å². The predicted molar refractivity (Wildman–Crippen MR) is 199 cm³/mol. The molecule has 48 heavy (non-hydrogen) atoms. The van der Waals surface area contributed by atoms with Crippen LogP contribution in [0.25, 0.3) is 98.2 Å². The summed E-state index contributed by atoms with van der Waals surface area (Å²) in [5.74, 6) is 1.92. The number of fused-ring (bicyclic) bond motifs is 7. The number of aromatic nitrogens is 3. The molecule has 0 amide bonds. The lowest BCUT2D eigenvalue weighted by Crippen LogP contribution is -2.00. The van der Waals surface area contributed by atoms with Crippen LogP contribution in [0, 0.1) is 0 Å². The average molecular weight is 632 g/mol. The van der Waals surface area contributed by atoms with Crippen LogP contribution in [-0.2, 0) is 0 Å². The summed E-state index contributed by atoms with van der Waals surface area (Å²) in [7, 11) is 0. The SMILES string of the molecule is c1ccc(-c2nc(-c3ccc4c(c3)sc3cc(-c5ccc6ccccc6c5)ccc34)nc(-c3ccc4oc5ccccc5c4c3)n2)cc1. The Morgan fingerprint density at radius 3 is 1.73 bits per heavy atom. The summed E-state index contributed by atoms with van der Waals surface area (Å²) in [5.41, 5.74) is 6.97. The summed E-state index contributed by atoms with van der Waals surface area (Å²) in [6.45, 7) is 0. The number of hydrogen-bond donors (Lipinski definition) is 0. The fourth-order valence-corrected chi connectivity index (χ4v) is 7.86. The molecule has 0 aliphatic heterocycles. The summed E-state index contributed by atoms with van der Waals surface area (Å²) in [4.78, 5) is 15.0. The standard InChI is InChI=1S/C43H25N3OS/c1-2-9-27(10-3-1)41-44-42(31-18-21-38-36(23-31)33-12-6-7-13-37(33)47-38)46-43(45-41)32-17-20-35-34-19-16-30(24-39(34)48-40(35)25-32)29-15-14-26-8-4-5-11-28(26)22-29/h1-25H. The first-order valence-corrected chi connectivity index (χ1v) is 16.7. The average Bonchev–Trinajstić information content (AvgIpc) is 3.72. The van der Waals surface area contributed by atoms with Crippen molar-refractivity contribution in [1.29, 1.82) is 0 Å². The molecular weight excluding hydrogens is 607 g/mol. The Morgan fingerprint density at radius 2 is 0.917 bits per heavy atom. The lowest BCUT2D eigenvalue weighted by atomic mass is 10.00. The van der Waals surface area contributed by atoms with Crippen molar-refractivity contribution in [3.63, 3.8) is 0 Å². The van der Waals surface area contributed by atoms with Gasteiger partial charge in [-0.3, -0.25) is 0 Å². The fraction of sp³-hybridized carbons (Fsp3) is 0. The Morgan fingerprint density at radius 1 is 0.354 bits per heavy atom. The van der Waals surface area contributed by atoms with Crippen LogP contribution in [-0.4, -0.2) is 15.0 Å². The number of thiophene rings is 1. The zero-order valence-corrected chi connectivity index (χ0v) is 26.4. The van der Waals surface area contributed by atoms with E-state index in [1.54, 1.807) is 11.3 Å². The van der Waals surface area contributed by atoms with Gasteiger partial charge in [-0.05, 0) is 64.4 Å². The molecule has 224 valence electrons. The van der Waals surface area contributed by atoms with Gasteiger partial charge in [0.15, 0.2) is 17.5 Å². The Kier molecular flexibility index (Phi) is 6.01. The molecule has 0 saturated carbocycles. The maximum atomic E-state index is 6.09. The maximum absolute atomic E-state index is 6.09. The summed E-state index contributed by atoms with van der Waals surface area (Å²) < 4.78 is 8.55. The molecule has 3 heterocycles. The minimum absolute atomic E-state index is 0.627. The van der Waals surface area contributed by atoms with Crippen molar-refractivity contribution >= 4 is 64.2 Å². The van der Waals surface area contributed by atoms with E-state index in [1.807, 2.05) is 60.7 Å². The Balaban J connectivity index is 1.10. The molecule has 10 rings (SSSR count). The molecule has 0 unspecified atom stereocenters.